The molecule has 1 atom stereocenters. The minimum Gasteiger partial charge on any atom is -0.352 e. The minimum absolute atomic E-state index is 0.00490. The van der Waals surface area contributed by atoms with Gasteiger partial charge in [-0.05, 0) is 44.5 Å². The van der Waals surface area contributed by atoms with Crippen molar-refractivity contribution in [3.05, 3.63) is 80.2 Å². The number of benzene rings is 1. The summed E-state index contributed by atoms with van der Waals surface area (Å²) in [5, 5.41) is 12.0. The third-order valence-corrected chi connectivity index (χ3v) is 6.47. The minimum atomic E-state index is -0.0872. The average Bonchev–Trinajstić information content (AvgIpc) is 3.26. The third-order valence-electron chi connectivity index (χ3n) is 5.60. The Balaban J connectivity index is 1.81. The lowest BCUT2D eigenvalue weighted by Crippen LogP contribution is -2.34. The average molecular weight is 430 g/mol. The van der Waals surface area contributed by atoms with Gasteiger partial charge in [0.05, 0.1) is 23.4 Å². The first-order valence-corrected chi connectivity index (χ1v) is 11.0. The monoisotopic (exact) mass is 429 g/mol. The zero-order valence-corrected chi connectivity index (χ0v) is 18.8. The molecule has 1 aliphatic rings. The molecule has 1 aliphatic heterocycles. The van der Waals surface area contributed by atoms with Crippen LogP contribution in [0.25, 0.3) is 16.8 Å². The van der Waals surface area contributed by atoms with E-state index in [-0.39, 0.29) is 11.6 Å². The molecule has 6 nitrogen and oxygen atoms in total. The molecule has 0 saturated carbocycles. The molecule has 156 valence electrons. The summed E-state index contributed by atoms with van der Waals surface area (Å²) >= 11 is 1.58. The number of aliphatic imine (C=N–C) groups is 1. The van der Waals surface area contributed by atoms with Crippen LogP contribution >= 0.6 is 11.3 Å². The number of hydrogen-bond acceptors (Lipinski definition) is 6. The number of likely N-dealkylation sites (N-methyl/N-ethyl adjacent to an activating group) is 1. The smallest absolute Gasteiger partial charge is 0.250 e. The number of aryl methyl sites for hydroxylation is 1. The largest absolute Gasteiger partial charge is 0.352 e. The highest BCUT2D eigenvalue weighted by molar-refractivity contribution is 7.11. The lowest BCUT2D eigenvalue weighted by atomic mass is 9.95. The van der Waals surface area contributed by atoms with Gasteiger partial charge in [0.25, 0.3) is 5.56 Å². The fourth-order valence-corrected chi connectivity index (χ4v) is 4.78. The molecule has 4 rings (SSSR count). The Kier molecular flexibility index (Phi) is 5.57. The predicted octanol–water partition coefficient (Wildman–Crippen LogP) is 4.70. The van der Waals surface area contributed by atoms with Crippen molar-refractivity contribution in [1.29, 1.82) is 5.26 Å². The van der Waals surface area contributed by atoms with Gasteiger partial charge < -0.3 is 9.47 Å². The van der Waals surface area contributed by atoms with Crippen LogP contribution in [0, 0.1) is 11.3 Å². The third kappa shape index (κ3) is 3.82. The van der Waals surface area contributed by atoms with Gasteiger partial charge in [-0.3, -0.25) is 4.79 Å². The summed E-state index contributed by atoms with van der Waals surface area (Å²) in [5.41, 5.74) is 5.46. The van der Waals surface area contributed by atoms with E-state index in [1.165, 1.54) is 0 Å². The fraction of sp³-hybridized carbons (Fsp3) is 0.250. The number of nitrogens with zero attached hydrogens (tertiary/aromatic N) is 5. The van der Waals surface area contributed by atoms with E-state index < -0.39 is 0 Å². The molecule has 3 aromatic rings. The van der Waals surface area contributed by atoms with Crippen molar-refractivity contribution in [2.24, 2.45) is 4.99 Å². The highest BCUT2D eigenvalue weighted by Crippen LogP contribution is 2.41. The second-order valence-corrected chi connectivity index (χ2v) is 8.34. The second kappa shape index (κ2) is 8.32. The van der Waals surface area contributed by atoms with Crippen molar-refractivity contribution in [2.45, 2.75) is 33.4 Å². The molecule has 0 spiro atoms. The Hall–Kier alpha value is -3.50. The summed E-state index contributed by atoms with van der Waals surface area (Å²) in [6, 6.07) is 13.0. The van der Waals surface area contributed by atoms with Crippen LogP contribution in [0.1, 0.15) is 42.9 Å². The first kappa shape index (κ1) is 20.8. The number of allylic oxidation sites excluding steroid dienone is 1. The Labute approximate surface area is 185 Å². The molecule has 0 aliphatic carbocycles. The van der Waals surface area contributed by atoms with Crippen LogP contribution in [0.5, 0.6) is 0 Å². The van der Waals surface area contributed by atoms with Crippen LogP contribution in [0.2, 0.25) is 0 Å². The Morgan fingerprint density at radius 3 is 2.58 bits per heavy atom. The van der Waals surface area contributed by atoms with Crippen molar-refractivity contribution in [3.63, 3.8) is 0 Å². The number of nitriles is 1. The first-order valence-electron chi connectivity index (χ1n) is 10.1. The van der Waals surface area contributed by atoms with E-state index in [1.54, 1.807) is 34.1 Å². The standard InChI is InChI=1S/C24H23N5OS/c1-5-29-13-19(10-11-21(29)30)23-22(15(2)26-16(3)28(23)4)24-27-20(14-31-24)18-8-6-17(12-25)7-9-18/h6-11,13-14,23H,5H2,1-4H3. The van der Waals surface area contributed by atoms with Gasteiger partial charge in [-0.2, -0.15) is 5.26 Å². The van der Waals surface area contributed by atoms with Gasteiger partial charge in [0.2, 0.25) is 0 Å². The molecule has 2 aromatic heterocycles. The van der Waals surface area contributed by atoms with Crippen LogP contribution in [0.15, 0.2) is 63.5 Å². The van der Waals surface area contributed by atoms with E-state index >= 15 is 0 Å². The van der Waals surface area contributed by atoms with Crippen molar-refractivity contribution >= 4 is 22.7 Å². The zero-order valence-electron chi connectivity index (χ0n) is 18.0. The van der Waals surface area contributed by atoms with Crippen molar-refractivity contribution in [3.8, 4) is 17.3 Å². The molecular formula is C24H23N5OS. The van der Waals surface area contributed by atoms with Gasteiger partial charge in [-0.25, -0.2) is 9.98 Å². The van der Waals surface area contributed by atoms with E-state index in [0.717, 1.165) is 38.9 Å². The number of aromatic nitrogens is 2. The van der Waals surface area contributed by atoms with Crippen LogP contribution in [0.4, 0.5) is 0 Å². The van der Waals surface area contributed by atoms with Gasteiger partial charge in [0.1, 0.15) is 10.8 Å². The molecule has 0 amide bonds. The van der Waals surface area contributed by atoms with E-state index in [1.807, 2.05) is 57.6 Å². The molecule has 0 bridgehead atoms. The maximum atomic E-state index is 12.1. The van der Waals surface area contributed by atoms with E-state index in [4.69, 9.17) is 15.2 Å². The highest BCUT2D eigenvalue weighted by Gasteiger charge is 2.31. The molecule has 0 fully saturated rings. The van der Waals surface area contributed by atoms with E-state index in [9.17, 15) is 4.79 Å². The fourth-order valence-electron chi connectivity index (χ4n) is 3.83. The maximum Gasteiger partial charge on any atom is 0.250 e. The van der Waals surface area contributed by atoms with Crippen LogP contribution < -0.4 is 5.56 Å². The predicted molar refractivity (Wildman–Crippen MR) is 125 cm³/mol. The number of rotatable bonds is 4. The Bertz CT molecular complexity index is 1290. The maximum absolute atomic E-state index is 12.1. The topological polar surface area (TPSA) is 74.3 Å². The summed E-state index contributed by atoms with van der Waals surface area (Å²) in [4.78, 5) is 23.9. The normalized spacial score (nSPS) is 16.3. The number of thiazole rings is 1. The van der Waals surface area contributed by atoms with Crippen LogP contribution in [0.3, 0.4) is 0 Å². The van der Waals surface area contributed by atoms with Crippen LogP contribution in [-0.2, 0) is 6.54 Å². The van der Waals surface area contributed by atoms with Gasteiger partial charge in [0.15, 0.2) is 0 Å². The SMILES string of the molecule is CCn1cc(C2C(c3nc(-c4ccc(C#N)cc4)cs3)=C(C)N=C(C)N2C)ccc1=O. The van der Waals surface area contributed by atoms with Gasteiger partial charge in [-0.1, -0.05) is 12.1 Å². The van der Waals surface area contributed by atoms with Gasteiger partial charge in [-0.15, -0.1) is 11.3 Å². The quantitative estimate of drug-likeness (QED) is 0.602. The number of hydrogen-bond donors (Lipinski definition) is 0. The molecule has 31 heavy (non-hydrogen) atoms. The van der Waals surface area contributed by atoms with Crippen molar-refractivity contribution in [1.82, 2.24) is 14.5 Å². The Morgan fingerprint density at radius 2 is 1.90 bits per heavy atom. The molecule has 0 saturated heterocycles. The second-order valence-electron chi connectivity index (χ2n) is 7.49. The molecule has 3 heterocycles. The molecule has 1 aromatic carbocycles. The molecule has 1 unspecified atom stereocenters. The summed E-state index contributed by atoms with van der Waals surface area (Å²) in [6.45, 7) is 6.59. The van der Waals surface area contributed by atoms with E-state index in [2.05, 4.69) is 11.0 Å². The zero-order chi connectivity index (χ0) is 22.1. The molecular weight excluding hydrogens is 406 g/mol. The van der Waals surface area contributed by atoms with E-state index in [0.29, 0.717) is 12.1 Å². The van der Waals surface area contributed by atoms with Gasteiger partial charge >= 0.3 is 0 Å². The first-order chi connectivity index (χ1) is 14.9. The lowest BCUT2D eigenvalue weighted by molar-refractivity contribution is 0.435. The summed E-state index contributed by atoms with van der Waals surface area (Å²) in [6.07, 6.45) is 1.94. The lowest BCUT2D eigenvalue weighted by Gasteiger charge is -2.35. The molecule has 0 radical (unpaired) electrons. The number of pyridine rings is 1. The molecule has 0 N–H and O–H groups in total. The summed E-state index contributed by atoms with van der Waals surface area (Å²) in [5.74, 6) is 0.921. The highest BCUT2D eigenvalue weighted by atomic mass is 32.1. The summed E-state index contributed by atoms with van der Waals surface area (Å²) < 4.78 is 1.72. The van der Waals surface area contributed by atoms with Crippen LogP contribution in [-0.4, -0.2) is 27.3 Å². The summed E-state index contributed by atoms with van der Waals surface area (Å²) in [7, 11) is 2.02. The number of amidine groups is 1. The van der Waals surface area contributed by atoms with Gasteiger partial charge in [0, 0.05) is 48.1 Å². The molecule has 7 heteroatoms. The Morgan fingerprint density at radius 1 is 1.16 bits per heavy atom. The van der Waals surface area contributed by atoms with Crippen molar-refractivity contribution in [2.75, 3.05) is 7.05 Å². The van der Waals surface area contributed by atoms with Crippen molar-refractivity contribution < 1.29 is 0 Å².